The summed E-state index contributed by atoms with van der Waals surface area (Å²) in [5, 5.41) is 5.58. The first-order valence-corrected chi connectivity index (χ1v) is 13.8. The molecule has 37 heavy (non-hydrogen) atoms. The largest absolute Gasteiger partial charge is 0.347 e. The summed E-state index contributed by atoms with van der Waals surface area (Å²) < 4.78 is 0. The molecule has 2 aliphatic heterocycles. The van der Waals surface area contributed by atoms with E-state index in [-0.39, 0.29) is 23.3 Å². The van der Waals surface area contributed by atoms with Gasteiger partial charge in [-0.25, -0.2) is 4.79 Å². The minimum atomic E-state index is -0.888. The van der Waals surface area contributed by atoms with Gasteiger partial charge in [-0.2, -0.15) is 0 Å². The van der Waals surface area contributed by atoms with Gasteiger partial charge in [0.25, 0.3) is 5.91 Å². The summed E-state index contributed by atoms with van der Waals surface area (Å²) in [6, 6.07) is 7.10. The number of nitrogens with one attached hydrogen (secondary N) is 2. The van der Waals surface area contributed by atoms with Gasteiger partial charge in [0.05, 0.1) is 0 Å². The van der Waals surface area contributed by atoms with Gasteiger partial charge in [-0.15, -0.1) is 0 Å². The van der Waals surface area contributed by atoms with Crippen LogP contribution >= 0.6 is 0 Å². The molecule has 0 aromatic heterocycles. The van der Waals surface area contributed by atoms with Gasteiger partial charge < -0.3 is 15.5 Å². The van der Waals surface area contributed by atoms with Crippen LogP contribution in [0.2, 0.25) is 0 Å². The molecular formula is C29H42N4O4. The highest BCUT2D eigenvalue weighted by Gasteiger charge is 2.50. The molecule has 2 atom stereocenters. The molecule has 1 aromatic rings. The summed E-state index contributed by atoms with van der Waals surface area (Å²) in [5.41, 5.74) is 1.07. The average Bonchev–Trinajstić information content (AvgIpc) is 3.02. The lowest BCUT2D eigenvalue weighted by Gasteiger charge is -2.44. The van der Waals surface area contributed by atoms with Crippen molar-refractivity contribution in [3.05, 3.63) is 35.4 Å². The number of urea groups is 1. The van der Waals surface area contributed by atoms with Gasteiger partial charge in [0.15, 0.2) is 0 Å². The van der Waals surface area contributed by atoms with Gasteiger partial charge in [0.2, 0.25) is 12.3 Å². The molecule has 2 saturated heterocycles. The third-order valence-corrected chi connectivity index (χ3v) is 8.81. The van der Waals surface area contributed by atoms with Gasteiger partial charge in [-0.1, -0.05) is 49.1 Å². The molecular weight excluding hydrogens is 468 g/mol. The molecule has 3 aliphatic rings. The maximum atomic E-state index is 13.6. The van der Waals surface area contributed by atoms with Gasteiger partial charge in [0.1, 0.15) is 11.6 Å². The number of benzene rings is 1. The normalized spacial score (nSPS) is 25.4. The van der Waals surface area contributed by atoms with Crippen LogP contribution in [-0.2, 0) is 20.8 Å². The van der Waals surface area contributed by atoms with Crippen molar-refractivity contribution in [3.63, 3.8) is 0 Å². The molecule has 1 saturated carbocycles. The number of carbonyl (C=O) groups is 4. The van der Waals surface area contributed by atoms with Crippen LogP contribution in [-0.4, -0.2) is 65.3 Å². The zero-order valence-corrected chi connectivity index (χ0v) is 22.6. The first kappa shape index (κ1) is 27.1. The topological polar surface area (TPSA) is 98.8 Å². The van der Waals surface area contributed by atoms with E-state index in [2.05, 4.69) is 10.6 Å². The van der Waals surface area contributed by atoms with E-state index < -0.39 is 11.6 Å². The minimum absolute atomic E-state index is 0.0664. The molecule has 1 aromatic carbocycles. The standard InChI is InChI=1S/C29H42N4O4/c1-21-10-12-22(13-11-21)18-24(30-20-34)25(35)32-16-7-14-29(15-17-32,23-8-5-4-6-9-23)19-33-26(36)28(2,3)31-27(33)37/h10-13,20,23-24H,4-9,14-19H2,1-3H3,(H,30,34)(H,31,37)/t24-,29?/m1/s1. The Morgan fingerprint density at radius 3 is 2.41 bits per heavy atom. The first-order valence-electron chi connectivity index (χ1n) is 13.8. The number of hydrogen-bond acceptors (Lipinski definition) is 4. The lowest BCUT2D eigenvalue weighted by atomic mass is 9.64. The highest BCUT2D eigenvalue weighted by atomic mass is 16.2. The summed E-state index contributed by atoms with van der Waals surface area (Å²) in [4.78, 5) is 54.2. The van der Waals surface area contributed by atoms with E-state index in [1.54, 1.807) is 13.8 Å². The van der Waals surface area contributed by atoms with E-state index in [9.17, 15) is 19.2 Å². The first-order chi connectivity index (χ1) is 17.6. The summed E-state index contributed by atoms with van der Waals surface area (Å²) in [7, 11) is 0. The smallest absolute Gasteiger partial charge is 0.325 e. The van der Waals surface area contributed by atoms with Gasteiger partial charge in [-0.3, -0.25) is 19.3 Å². The third-order valence-electron chi connectivity index (χ3n) is 8.81. The Kier molecular flexibility index (Phi) is 8.24. The second-order valence-corrected chi connectivity index (χ2v) is 11.8. The second kappa shape index (κ2) is 11.2. The van der Waals surface area contributed by atoms with E-state index in [1.807, 2.05) is 36.1 Å². The fraction of sp³-hybridized carbons (Fsp3) is 0.655. The Bertz CT molecular complexity index is 1000. The van der Waals surface area contributed by atoms with Crippen LogP contribution in [0.5, 0.6) is 0 Å². The number of imide groups is 1. The number of aryl methyl sites for hydroxylation is 1. The third kappa shape index (κ3) is 5.99. The van der Waals surface area contributed by atoms with E-state index in [1.165, 1.54) is 24.2 Å². The second-order valence-electron chi connectivity index (χ2n) is 11.8. The van der Waals surface area contributed by atoms with Gasteiger partial charge >= 0.3 is 6.03 Å². The molecule has 8 nitrogen and oxygen atoms in total. The molecule has 0 radical (unpaired) electrons. The SMILES string of the molecule is Cc1ccc(C[C@@H](NC=O)C(=O)N2CCCC(CN3C(=O)NC(C)(C)C3=O)(C3CCCCC3)CC2)cc1. The maximum Gasteiger partial charge on any atom is 0.325 e. The summed E-state index contributed by atoms with van der Waals surface area (Å²) >= 11 is 0. The average molecular weight is 511 g/mol. The van der Waals surface area contributed by atoms with Crippen LogP contribution in [0.25, 0.3) is 0 Å². The number of amides is 5. The monoisotopic (exact) mass is 510 g/mol. The molecule has 4 rings (SSSR count). The van der Waals surface area contributed by atoms with Crippen molar-refractivity contribution in [1.29, 1.82) is 0 Å². The summed E-state index contributed by atoms with van der Waals surface area (Å²) in [5.74, 6) is 0.193. The Labute approximate surface area is 220 Å². The molecule has 3 fully saturated rings. The van der Waals surface area contributed by atoms with Crippen LogP contribution in [0.1, 0.15) is 76.3 Å². The van der Waals surface area contributed by atoms with E-state index in [0.29, 0.717) is 38.4 Å². The fourth-order valence-corrected chi connectivity index (χ4v) is 6.60. The van der Waals surface area contributed by atoms with Crippen molar-refractivity contribution in [2.45, 2.75) is 90.1 Å². The Hall–Kier alpha value is -2.90. The highest BCUT2D eigenvalue weighted by molar-refractivity contribution is 6.06. The zero-order chi connectivity index (χ0) is 26.6. The van der Waals surface area contributed by atoms with E-state index in [0.717, 1.165) is 43.2 Å². The lowest BCUT2D eigenvalue weighted by molar-refractivity contribution is -0.135. The van der Waals surface area contributed by atoms with Crippen LogP contribution in [0.3, 0.4) is 0 Å². The van der Waals surface area contributed by atoms with E-state index in [4.69, 9.17) is 0 Å². The fourth-order valence-electron chi connectivity index (χ4n) is 6.60. The minimum Gasteiger partial charge on any atom is -0.347 e. The maximum absolute atomic E-state index is 13.6. The molecule has 8 heteroatoms. The molecule has 1 aliphatic carbocycles. The van der Waals surface area contributed by atoms with Crippen molar-refractivity contribution >= 4 is 24.3 Å². The quantitative estimate of drug-likeness (QED) is 0.413. The lowest BCUT2D eigenvalue weighted by Crippen LogP contribution is -2.49. The molecule has 1 unspecified atom stereocenters. The molecule has 2 N–H and O–H groups in total. The van der Waals surface area contributed by atoms with Crippen molar-refractivity contribution in [1.82, 2.24) is 20.4 Å². The number of hydrogen-bond donors (Lipinski definition) is 2. The van der Waals surface area contributed by atoms with Crippen LogP contribution in [0, 0.1) is 18.3 Å². The molecule has 2 heterocycles. The number of rotatable bonds is 8. The van der Waals surface area contributed by atoms with Gasteiger partial charge in [0, 0.05) is 26.1 Å². The Morgan fingerprint density at radius 1 is 1.08 bits per heavy atom. The van der Waals surface area contributed by atoms with Crippen molar-refractivity contribution in [3.8, 4) is 0 Å². The van der Waals surface area contributed by atoms with Crippen LogP contribution < -0.4 is 10.6 Å². The summed E-state index contributed by atoms with van der Waals surface area (Å²) in [6.45, 7) is 7.11. The Balaban J connectivity index is 1.52. The van der Waals surface area contributed by atoms with Crippen LogP contribution in [0.15, 0.2) is 24.3 Å². The predicted molar refractivity (Wildman–Crippen MR) is 142 cm³/mol. The molecule has 0 bridgehead atoms. The predicted octanol–water partition coefficient (Wildman–Crippen LogP) is 3.56. The van der Waals surface area contributed by atoms with Crippen molar-refractivity contribution in [2.75, 3.05) is 19.6 Å². The highest BCUT2D eigenvalue weighted by Crippen LogP contribution is 2.47. The number of nitrogens with zero attached hydrogens (tertiary/aromatic N) is 2. The number of likely N-dealkylation sites (tertiary alicyclic amines) is 1. The Morgan fingerprint density at radius 2 is 1.78 bits per heavy atom. The van der Waals surface area contributed by atoms with Crippen molar-refractivity contribution in [2.24, 2.45) is 11.3 Å². The van der Waals surface area contributed by atoms with Gasteiger partial charge in [-0.05, 0) is 69.8 Å². The van der Waals surface area contributed by atoms with Crippen LogP contribution in [0.4, 0.5) is 4.79 Å². The van der Waals surface area contributed by atoms with E-state index >= 15 is 0 Å². The molecule has 5 amide bonds. The zero-order valence-electron chi connectivity index (χ0n) is 22.6. The summed E-state index contributed by atoms with van der Waals surface area (Å²) in [6.07, 6.45) is 9.26. The molecule has 202 valence electrons. The molecule has 0 spiro atoms. The van der Waals surface area contributed by atoms with Crippen molar-refractivity contribution < 1.29 is 19.2 Å². The number of carbonyl (C=O) groups excluding carboxylic acids is 4.